The molecule has 2 atom stereocenters. The van der Waals surface area contributed by atoms with Crippen molar-refractivity contribution in [1.29, 1.82) is 0 Å². The molecule has 1 aromatic carbocycles. The number of hydrogen-bond acceptors (Lipinski definition) is 4. The molecule has 19 heavy (non-hydrogen) atoms. The number of amides is 1. The van der Waals surface area contributed by atoms with Crippen molar-refractivity contribution in [3.8, 4) is 5.75 Å². The number of methoxy groups -OCH3 is 1. The first kappa shape index (κ1) is 13.7. The lowest BCUT2D eigenvalue weighted by molar-refractivity contribution is 0.0136. The number of ether oxygens (including phenoxy) is 2. The lowest BCUT2D eigenvalue weighted by atomic mass is 10.0. The first-order valence-corrected chi connectivity index (χ1v) is 6.46. The molecule has 5 nitrogen and oxygen atoms in total. The molecular formula is C14H20N2O3. The van der Waals surface area contributed by atoms with E-state index >= 15 is 0 Å². The first-order valence-electron chi connectivity index (χ1n) is 6.46. The predicted octanol–water partition coefficient (Wildman–Crippen LogP) is 1.57. The van der Waals surface area contributed by atoms with Crippen molar-refractivity contribution in [3.63, 3.8) is 0 Å². The highest BCUT2D eigenvalue weighted by Crippen LogP contribution is 2.22. The smallest absolute Gasteiger partial charge is 0.255 e. The number of nitrogen functional groups attached to an aromatic ring is 1. The fraction of sp³-hybridized carbons (Fsp3) is 0.500. The van der Waals surface area contributed by atoms with Crippen LogP contribution in [0.2, 0.25) is 0 Å². The summed E-state index contributed by atoms with van der Waals surface area (Å²) in [5, 5.41) is 3.01. The quantitative estimate of drug-likeness (QED) is 0.813. The van der Waals surface area contributed by atoms with Crippen molar-refractivity contribution >= 4 is 11.6 Å². The van der Waals surface area contributed by atoms with Crippen molar-refractivity contribution < 1.29 is 14.3 Å². The van der Waals surface area contributed by atoms with E-state index in [0.717, 1.165) is 12.8 Å². The van der Waals surface area contributed by atoms with E-state index in [1.165, 1.54) is 0 Å². The van der Waals surface area contributed by atoms with Crippen LogP contribution in [0.1, 0.15) is 30.1 Å². The molecule has 1 saturated heterocycles. The molecule has 0 aliphatic carbocycles. The van der Waals surface area contributed by atoms with E-state index < -0.39 is 0 Å². The Labute approximate surface area is 113 Å². The Bertz CT molecular complexity index is 462. The Hall–Kier alpha value is -1.75. The average molecular weight is 264 g/mol. The maximum Gasteiger partial charge on any atom is 0.255 e. The lowest BCUT2D eigenvalue weighted by Crippen LogP contribution is -2.41. The summed E-state index contributed by atoms with van der Waals surface area (Å²) in [6, 6.07) is 5.20. The molecule has 104 valence electrons. The third kappa shape index (κ3) is 3.38. The van der Waals surface area contributed by atoms with E-state index in [1.54, 1.807) is 25.3 Å². The molecule has 2 unspecified atom stereocenters. The third-order valence-corrected chi connectivity index (χ3v) is 3.29. The Morgan fingerprint density at radius 1 is 1.53 bits per heavy atom. The minimum Gasteiger partial charge on any atom is -0.496 e. The molecule has 1 fully saturated rings. The number of nitrogens with one attached hydrogen (secondary N) is 1. The Balaban J connectivity index is 2.09. The second-order valence-electron chi connectivity index (χ2n) is 4.84. The maximum atomic E-state index is 12.3. The molecule has 0 spiro atoms. The number of anilines is 1. The number of carbonyl (C=O) groups excluding carboxylic acids is 1. The van der Waals surface area contributed by atoms with Gasteiger partial charge < -0.3 is 20.5 Å². The minimum atomic E-state index is -0.150. The zero-order chi connectivity index (χ0) is 13.8. The summed E-state index contributed by atoms with van der Waals surface area (Å²) in [5.41, 5.74) is 6.74. The van der Waals surface area contributed by atoms with Gasteiger partial charge in [0.15, 0.2) is 0 Å². The van der Waals surface area contributed by atoms with Gasteiger partial charge in [0.05, 0.1) is 18.8 Å². The van der Waals surface area contributed by atoms with Crippen molar-refractivity contribution in [1.82, 2.24) is 5.32 Å². The molecule has 1 aliphatic heterocycles. The van der Waals surface area contributed by atoms with E-state index in [9.17, 15) is 4.79 Å². The van der Waals surface area contributed by atoms with Crippen molar-refractivity contribution in [2.45, 2.75) is 31.9 Å². The molecule has 0 saturated carbocycles. The summed E-state index contributed by atoms with van der Waals surface area (Å²) in [4.78, 5) is 12.3. The summed E-state index contributed by atoms with van der Waals surface area (Å²) in [6.07, 6.45) is 1.85. The number of benzene rings is 1. The minimum absolute atomic E-state index is 0.141. The van der Waals surface area contributed by atoms with Crippen molar-refractivity contribution in [2.75, 3.05) is 19.5 Å². The number of rotatable bonds is 3. The fourth-order valence-corrected chi connectivity index (χ4v) is 2.30. The monoisotopic (exact) mass is 264 g/mol. The lowest BCUT2D eigenvalue weighted by Gasteiger charge is -2.28. The van der Waals surface area contributed by atoms with Crippen LogP contribution in [0.15, 0.2) is 18.2 Å². The maximum absolute atomic E-state index is 12.3. The van der Waals surface area contributed by atoms with Crippen LogP contribution in [0.5, 0.6) is 5.75 Å². The highest BCUT2D eigenvalue weighted by molar-refractivity contribution is 5.98. The standard InChI is InChI=1S/C14H20N2O3/c1-9-7-11(5-6-19-9)16-14(17)12-8-10(15)3-4-13(12)18-2/h3-4,8-9,11H,5-7,15H2,1-2H3,(H,16,17). The summed E-state index contributed by atoms with van der Waals surface area (Å²) < 4.78 is 10.7. The van der Waals surface area contributed by atoms with Gasteiger partial charge in [-0.3, -0.25) is 4.79 Å². The van der Waals surface area contributed by atoms with Crippen molar-refractivity contribution in [3.05, 3.63) is 23.8 Å². The number of carbonyl (C=O) groups is 1. The molecule has 0 bridgehead atoms. The molecule has 2 rings (SSSR count). The summed E-state index contributed by atoms with van der Waals surface area (Å²) in [5.74, 6) is 0.384. The summed E-state index contributed by atoms with van der Waals surface area (Å²) in [7, 11) is 1.54. The molecule has 3 N–H and O–H groups in total. The molecule has 1 aromatic rings. The van der Waals surface area contributed by atoms with Gasteiger partial charge in [0.25, 0.3) is 5.91 Å². The third-order valence-electron chi connectivity index (χ3n) is 3.29. The molecule has 0 radical (unpaired) electrons. The fourth-order valence-electron chi connectivity index (χ4n) is 2.30. The van der Waals surface area contributed by atoms with Gasteiger partial charge in [0.2, 0.25) is 0 Å². The zero-order valence-electron chi connectivity index (χ0n) is 11.3. The van der Waals surface area contributed by atoms with Gasteiger partial charge in [-0.1, -0.05) is 0 Å². The van der Waals surface area contributed by atoms with Gasteiger partial charge in [0.1, 0.15) is 5.75 Å². The molecule has 1 amide bonds. The first-order chi connectivity index (χ1) is 9.10. The van der Waals surface area contributed by atoms with E-state index in [-0.39, 0.29) is 18.1 Å². The zero-order valence-corrected chi connectivity index (χ0v) is 11.3. The summed E-state index contributed by atoms with van der Waals surface area (Å²) in [6.45, 7) is 2.69. The molecule has 5 heteroatoms. The average Bonchev–Trinajstić information content (AvgIpc) is 2.38. The van der Waals surface area contributed by atoms with Crippen LogP contribution in [0.3, 0.4) is 0 Å². The van der Waals surface area contributed by atoms with Crippen LogP contribution < -0.4 is 15.8 Å². The van der Waals surface area contributed by atoms with Crippen LogP contribution >= 0.6 is 0 Å². The second-order valence-corrected chi connectivity index (χ2v) is 4.84. The van der Waals surface area contributed by atoms with Crippen LogP contribution in [0.4, 0.5) is 5.69 Å². The highest BCUT2D eigenvalue weighted by atomic mass is 16.5. The Morgan fingerprint density at radius 3 is 3.00 bits per heavy atom. The largest absolute Gasteiger partial charge is 0.496 e. The van der Waals surface area contributed by atoms with Gasteiger partial charge in [-0.25, -0.2) is 0 Å². The van der Waals surface area contributed by atoms with E-state index in [2.05, 4.69) is 5.32 Å². The van der Waals surface area contributed by atoms with Crippen LogP contribution in [0.25, 0.3) is 0 Å². The van der Waals surface area contributed by atoms with Gasteiger partial charge in [-0.2, -0.15) is 0 Å². The van der Waals surface area contributed by atoms with Crippen molar-refractivity contribution in [2.24, 2.45) is 0 Å². The Morgan fingerprint density at radius 2 is 2.32 bits per heavy atom. The Kier molecular flexibility index (Phi) is 4.27. The van der Waals surface area contributed by atoms with Crippen LogP contribution in [0, 0.1) is 0 Å². The summed E-state index contributed by atoms with van der Waals surface area (Å²) >= 11 is 0. The normalized spacial score (nSPS) is 22.8. The number of nitrogens with two attached hydrogens (primary N) is 1. The SMILES string of the molecule is COc1ccc(N)cc1C(=O)NC1CCOC(C)C1. The van der Waals surface area contributed by atoms with E-state index in [4.69, 9.17) is 15.2 Å². The van der Waals surface area contributed by atoms with E-state index in [1.807, 2.05) is 6.92 Å². The van der Waals surface area contributed by atoms with Gasteiger partial charge >= 0.3 is 0 Å². The molecule has 0 aromatic heterocycles. The van der Waals surface area contributed by atoms with Gasteiger partial charge in [-0.15, -0.1) is 0 Å². The predicted molar refractivity (Wildman–Crippen MR) is 73.3 cm³/mol. The molecule has 1 heterocycles. The van der Waals surface area contributed by atoms with Gasteiger partial charge in [0, 0.05) is 18.3 Å². The number of hydrogen-bond donors (Lipinski definition) is 2. The van der Waals surface area contributed by atoms with E-state index in [0.29, 0.717) is 23.6 Å². The molecular weight excluding hydrogens is 244 g/mol. The highest BCUT2D eigenvalue weighted by Gasteiger charge is 2.22. The van der Waals surface area contributed by atoms with Crippen LogP contribution in [-0.2, 0) is 4.74 Å². The molecule has 1 aliphatic rings. The topological polar surface area (TPSA) is 73.6 Å². The van der Waals surface area contributed by atoms with Gasteiger partial charge in [-0.05, 0) is 38.0 Å². The van der Waals surface area contributed by atoms with Crippen LogP contribution in [-0.4, -0.2) is 31.8 Å². The second kappa shape index (κ2) is 5.93.